The van der Waals surface area contributed by atoms with Crippen molar-refractivity contribution >= 4 is 56.0 Å². The summed E-state index contributed by atoms with van der Waals surface area (Å²) in [5.74, 6) is 1.13. The molecule has 0 saturated heterocycles. The Balaban J connectivity index is 1.40. The summed E-state index contributed by atoms with van der Waals surface area (Å²) in [4.78, 5) is 18.2. The molecule has 0 saturated carbocycles. The van der Waals surface area contributed by atoms with Crippen LogP contribution < -0.4 is 24.8 Å². The fourth-order valence-corrected chi connectivity index (χ4v) is 4.48. The highest BCUT2D eigenvalue weighted by atomic mass is 32.2. The average molecular weight is 467 g/mol. The molecule has 1 aromatic heterocycles. The van der Waals surface area contributed by atoms with Crippen LogP contribution in [-0.2, 0) is 0 Å². The molecule has 0 bridgehead atoms. The van der Waals surface area contributed by atoms with E-state index in [0.29, 0.717) is 22.9 Å². The Hall–Kier alpha value is -3.43. The molecule has 0 aliphatic carbocycles. The Kier molecular flexibility index (Phi) is 6.67. The van der Waals surface area contributed by atoms with Crippen molar-refractivity contribution in [3.05, 3.63) is 66.2 Å². The number of benzene rings is 3. The van der Waals surface area contributed by atoms with Crippen molar-refractivity contribution in [3.8, 4) is 11.5 Å². The molecular weight excluding hydrogens is 444 g/mol. The molecule has 3 aromatic carbocycles. The highest BCUT2D eigenvalue weighted by molar-refractivity contribution is 8.00. The van der Waals surface area contributed by atoms with E-state index in [9.17, 15) is 4.79 Å². The Labute approximate surface area is 194 Å². The van der Waals surface area contributed by atoms with Gasteiger partial charge in [0.25, 0.3) is 0 Å². The zero-order valence-corrected chi connectivity index (χ0v) is 19.4. The van der Waals surface area contributed by atoms with Gasteiger partial charge in [-0.25, -0.2) is 9.78 Å². The molecule has 0 aliphatic rings. The van der Waals surface area contributed by atoms with Crippen LogP contribution in [0.4, 0.5) is 21.3 Å². The molecule has 0 spiro atoms. The first-order valence-corrected chi connectivity index (χ1v) is 11.4. The number of anilines is 3. The van der Waals surface area contributed by atoms with Crippen LogP contribution in [0.2, 0.25) is 0 Å². The van der Waals surface area contributed by atoms with Gasteiger partial charge < -0.3 is 24.8 Å². The van der Waals surface area contributed by atoms with Gasteiger partial charge >= 0.3 is 6.03 Å². The van der Waals surface area contributed by atoms with Crippen molar-refractivity contribution in [1.29, 1.82) is 0 Å². The average Bonchev–Trinajstić information content (AvgIpc) is 3.20. The first-order chi connectivity index (χ1) is 15.5. The number of hydrogen-bond donors (Lipinski definition) is 3. The van der Waals surface area contributed by atoms with Crippen LogP contribution in [0.25, 0.3) is 10.2 Å². The largest absolute Gasteiger partial charge is 0.493 e. The minimum atomic E-state index is -0.361. The fraction of sp³-hybridized carbons (Fsp3) is 0.130. The van der Waals surface area contributed by atoms with E-state index in [1.807, 2.05) is 18.2 Å². The number of carbonyl (C=O) groups excluding carboxylic acids is 1. The van der Waals surface area contributed by atoms with Crippen molar-refractivity contribution < 1.29 is 14.3 Å². The molecule has 4 aromatic rings. The molecule has 2 amide bonds. The van der Waals surface area contributed by atoms with Crippen molar-refractivity contribution in [2.75, 3.05) is 29.6 Å². The van der Waals surface area contributed by atoms with E-state index >= 15 is 0 Å². The lowest BCUT2D eigenvalue weighted by molar-refractivity contribution is 0.262. The first kappa shape index (κ1) is 21.8. The van der Waals surface area contributed by atoms with Crippen LogP contribution in [0.1, 0.15) is 5.56 Å². The predicted octanol–water partition coefficient (Wildman–Crippen LogP) is 6.39. The zero-order valence-electron chi connectivity index (χ0n) is 17.8. The van der Waals surface area contributed by atoms with E-state index in [4.69, 9.17) is 9.47 Å². The van der Waals surface area contributed by atoms with Gasteiger partial charge in [0.2, 0.25) is 0 Å². The van der Waals surface area contributed by atoms with Crippen molar-refractivity contribution in [2.24, 2.45) is 0 Å². The number of aryl methyl sites for hydroxylation is 1. The summed E-state index contributed by atoms with van der Waals surface area (Å²) < 4.78 is 14.8. The molecule has 3 N–H and O–H groups in total. The molecular formula is C23H22N4O3S2. The van der Waals surface area contributed by atoms with Crippen LogP contribution >= 0.6 is 23.3 Å². The summed E-state index contributed by atoms with van der Waals surface area (Å²) in [6, 6.07) is 18.8. The summed E-state index contributed by atoms with van der Waals surface area (Å²) in [7, 11) is 3.11. The second kappa shape index (κ2) is 9.80. The summed E-state index contributed by atoms with van der Waals surface area (Å²) in [5, 5.41) is 6.43. The van der Waals surface area contributed by atoms with E-state index in [-0.39, 0.29) is 6.03 Å². The lowest BCUT2D eigenvalue weighted by Gasteiger charge is -2.11. The molecule has 0 aliphatic heterocycles. The minimum Gasteiger partial charge on any atom is -0.493 e. The lowest BCUT2D eigenvalue weighted by atomic mass is 10.2. The maximum Gasteiger partial charge on any atom is 0.323 e. The van der Waals surface area contributed by atoms with Crippen LogP contribution in [0.5, 0.6) is 11.5 Å². The molecule has 164 valence electrons. The van der Waals surface area contributed by atoms with Gasteiger partial charge in [0.05, 0.1) is 24.4 Å². The number of methoxy groups -OCH3 is 2. The van der Waals surface area contributed by atoms with Crippen LogP contribution in [-0.4, -0.2) is 25.2 Å². The smallest absolute Gasteiger partial charge is 0.323 e. The standard InChI is InChI=1S/C23H22N4O3S2/c1-14-4-8-17(9-5-14)32-27-23-26-18-12-15(7-11-21(18)31-23)24-22(28)25-16-6-10-19(29-2)20(13-16)30-3/h4-13H,1-3H3,(H,26,27)(H2,24,25,28). The number of hydrogen-bond acceptors (Lipinski definition) is 7. The summed E-state index contributed by atoms with van der Waals surface area (Å²) in [5.41, 5.74) is 3.28. The second-order valence-corrected chi connectivity index (χ2v) is 8.78. The number of nitrogens with zero attached hydrogens (tertiary/aromatic N) is 1. The number of ether oxygens (including phenoxy) is 2. The molecule has 0 atom stereocenters. The quantitative estimate of drug-likeness (QED) is 0.274. The van der Waals surface area contributed by atoms with Gasteiger partial charge in [-0.2, -0.15) is 0 Å². The number of carbonyl (C=O) groups is 1. The third-order valence-corrected chi connectivity index (χ3v) is 6.45. The van der Waals surface area contributed by atoms with E-state index in [1.165, 1.54) is 17.5 Å². The number of fused-ring (bicyclic) bond motifs is 1. The molecule has 32 heavy (non-hydrogen) atoms. The summed E-state index contributed by atoms with van der Waals surface area (Å²) in [6.07, 6.45) is 0. The molecule has 9 heteroatoms. The van der Waals surface area contributed by atoms with Crippen molar-refractivity contribution in [2.45, 2.75) is 11.8 Å². The molecule has 0 fully saturated rings. The maximum atomic E-state index is 12.4. The van der Waals surface area contributed by atoms with E-state index in [2.05, 4.69) is 51.5 Å². The van der Waals surface area contributed by atoms with E-state index in [1.54, 1.807) is 43.8 Å². The number of urea groups is 1. The molecule has 7 nitrogen and oxygen atoms in total. The van der Waals surface area contributed by atoms with E-state index < -0.39 is 0 Å². The minimum absolute atomic E-state index is 0.361. The lowest BCUT2D eigenvalue weighted by Crippen LogP contribution is -2.19. The highest BCUT2D eigenvalue weighted by Crippen LogP contribution is 2.32. The van der Waals surface area contributed by atoms with Gasteiger partial charge in [-0.05, 0) is 61.3 Å². The predicted molar refractivity (Wildman–Crippen MR) is 132 cm³/mol. The Morgan fingerprint density at radius 3 is 2.31 bits per heavy atom. The normalized spacial score (nSPS) is 10.6. The first-order valence-electron chi connectivity index (χ1n) is 9.74. The Morgan fingerprint density at radius 2 is 1.59 bits per heavy atom. The van der Waals surface area contributed by atoms with Crippen LogP contribution in [0.3, 0.4) is 0 Å². The molecule has 4 rings (SSSR count). The number of nitrogens with one attached hydrogen (secondary N) is 3. The Morgan fingerprint density at radius 1 is 0.906 bits per heavy atom. The molecule has 0 radical (unpaired) electrons. The van der Waals surface area contributed by atoms with Gasteiger partial charge in [0.15, 0.2) is 16.6 Å². The fourth-order valence-electron chi connectivity index (χ4n) is 2.97. The second-order valence-electron chi connectivity index (χ2n) is 6.87. The van der Waals surface area contributed by atoms with Crippen LogP contribution in [0.15, 0.2) is 65.6 Å². The number of rotatable bonds is 7. The third kappa shape index (κ3) is 5.24. The zero-order chi connectivity index (χ0) is 22.5. The monoisotopic (exact) mass is 466 g/mol. The van der Waals surface area contributed by atoms with Crippen molar-refractivity contribution in [1.82, 2.24) is 4.98 Å². The molecule has 0 unspecified atom stereocenters. The van der Waals surface area contributed by atoms with Gasteiger partial charge in [-0.3, -0.25) is 0 Å². The Bertz CT molecular complexity index is 1240. The summed E-state index contributed by atoms with van der Waals surface area (Å²) >= 11 is 3.08. The van der Waals surface area contributed by atoms with Crippen molar-refractivity contribution in [3.63, 3.8) is 0 Å². The number of thiazole rings is 1. The van der Waals surface area contributed by atoms with E-state index in [0.717, 1.165) is 20.2 Å². The van der Waals surface area contributed by atoms with Gasteiger partial charge in [-0.1, -0.05) is 29.0 Å². The SMILES string of the molecule is COc1ccc(NC(=O)Nc2ccc3sc(NSc4ccc(C)cc4)nc3c2)cc1OC. The highest BCUT2D eigenvalue weighted by Gasteiger charge is 2.10. The summed E-state index contributed by atoms with van der Waals surface area (Å²) in [6.45, 7) is 2.06. The maximum absolute atomic E-state index is 12.4. The third-order valence-electron chi connectivity index (χ3n) is 4.56. The van der Waals surface area contributed by atoms with Gasteiger partial charge in [-0.15, -0.1) is 0 Å². The number of amides is 2. The van der Waals surface area contributed by atoms with Gasteiger partial charge in [0, 0.05) is 22.3 Å². The number of aromatic nitrogens is 1. The molecule has 1 heterocycles. The topological polar surface area (TPSA) is 84.5 Å². The van der Waals surface area contributed by atoms with Gasteiger partial charge in [0.1, 0.15) is 0 Å². The van der Waals surface area contributed by atoms with Crippen LogP contribution in [0, 0.1) is 6.92 Å².